The topological polar surface area (TPSA) is 119 Å². The molecule has 2 aliphatic rings. The van der Waals surface area contributed by atoms with Crippen molar-refractivity contribution in [1.82, 2.24) is 15.2 Å². The summed E-state index contributed by atoms with van der Waals surface area (Å²) in [5, 5.41) is 13.8. The fourth-order valence-corrected chi connectivity index (χ4v) is 2.79. The number of nitrogens with zero attached hydrogens (tertiary/aromatic N) is 3. The second kappa shape index (κ2) is 6.82. The maximum atomic E-state index is 12.9. The number of amides is 2. The average molecular weight is 370 g/mol. The van der Waals surface area contributed by atoms with Crippen molar-refractivity contribution >= 4 is 17.5 Å². The van der Waals surface area contributed by atoms with Gasteiger partial charge in [0.1, 0.15) is 6.26 Å². The lowest BCUT2D eigenvalue weighted by molar-refractivity contribution is -0.384. The number of nitro groups is 1. The zero-order chi connectivity index (χ0) is 19.0. The summed E-state index contributed by atoms with van der Waals surface area (Å²) in [4.78, 5) is 41.1. The molecule has 0 unspecified atom stereocenters. The van der Waals surface area contributed by atoms with E-state index in [1.807, 2.05) is 0 Å². The van der Waals surface area contributed by atoms with E-state index in [0.29, 0.717) is 0 Å². The van der Waals surface area contributed by atoms with Crippen molar-refractivity contribution in [1.29, 1.82) is 0 Å². The second-order valence-electron chi connectivity index (χ2n) is 6.85. The minimum absolute atomic E-state index is 0.0485. The summed E-state index contributed by atoms with van der Waals surface area (Å²) in [5.74, 6) is -0.333. The number of carbonyl (C=O) groups excluding carboxylic acids is 2. The van der Waals surface area contributed by atoms with E-state index in [1.165, 1.54) is 24.5 Å². The number of nitro benzene ring substituents is 1. The summed E-state index contributed by atoms with van der Waals surface area (Å²) in [6, 6.07) is 5.92. The zero-order valence-corrected chi connectivity index (χ0v) is 14.5. The van der Waals surface area contributed by atoms with E-state index in [2.05, 4.69) is 10.3 Å². The van der Waals surface area contributed by atoms with Crippen molar-refractivity contribution in [2.24, 2.45) is 0 Å². The van der Waals surface area contributed by atoms with Crippen LogP contribution in [0.25, 0.3) is 0 Å². The molecular weight excluding hydrogens is 352 g/mol. The molecule has 2 aliphatic carbocycles. The molecule has 1 heterocycles. The van der Waals surface area contributed by atoms with E-state index in [4.69, 9.17) is 4.42 Å². The molecule has 2 fully saturated rings. The number of carbonyl (C=O) groups is 2. The van der Waals surface area contributed by atoms with E-state index in [0.717, 1.165) is 25.7 Å². The van der Waals surface area contributed by atoms with Crippen LogP contribution in [0.5, 0.6) is 0 Å². The van der Waals surface area contributed by atoms with E-state index in [-0.39, 0.29) is 53.3 Å². The van der Waals surface area contributed by atoms with Crippen molar-refractivity contribution in [3.05, 3.63) is 57.8 Å². The first kappa shape index (κ1) is 17.2. The Bertz CT molecular complexity index is 901. The number of hydrogen-bond donors (Lipinski definition) is 1. The van der Waals surface area contributed by atoms with Gasteiger partial charge in [-0.2, -0.15) is 0 Å². The molecule has 0 bridgehead atoms. The fraction of sp³-hybridized carbons (Fsp3) is 0.389. The van der Waals surface area contributed by atoms with Gasteiger partial charge in [0.25, 0.3) is 17.5 Å². The van der Waals surface area contributed by atoms with Crippen molar-refractivity contribution < 1.29 is 18.9 Å². The summed E-state index contributed by atoms with van der Waals surface area (Å²) in [6.07, 6.45) is 4.95. The van der Waals surface area contributed by atoms with Gasteiger partial charge in [-0.15, -0.1) is 0 Å². The zero-order valence-electron chi connectivity index (χ0n) is 14.5. The Balaban J connectivity index is 1.49. The number of benzene rings is 1. The van der Waals surface area contributed by atoms with Crippen LogP contribution >= 0.6 is 0 Å². The van der Waals surface area contributed by atoms with Gasteiger partial charge in [0.05, 0.1) is 11.5 Å². The van der Waals surface area contributed by atoms with Crippen molar-refractivity contribution in [3.8, 4) is 0 Å². The Morgan fingerprint density at radius 1 is 1.30 bits per heavy atom. The third-order valence-electron chi connectivity index (χ3n) is 4.55. The Labute approximate surface area is 154 Å². The van der Waals surface area contributed by atoms with Crippen LogP contribution in [0.4, 0.5) is 5.69 Å². The van der Waals surface area contributed by atoms with E-state index in [1.54, 1.807) is 11.0 Å². The molecule has 1 aromatic carbocycles. The lowest BCUT2D eigenvalue weighted by Crippen LogP contribution is -2.33. The summed E-state index contributed by atoms with van der Waals surface area (Å²) < 4.78 is 5.37. The highest BCUT2D eigenvalue weighted by Gasteiger charge is 2.35. The molecule has 0 saturated heterocycles. The molecule has 2 aromatic rings. The van der Waals surface area contributed by atoms with Gasteiger partial charge >= 0.3 is 0 Å². The Hall–Kier alpha value is -3.23. The Morgan fingerprint density at radius 2 is 2.07 bits per heavy atom. The molecular formula is C18H18N4O5. The number of nitrogens with one attached hydrogen (secondary N) is 1. The van der Waals surface area contributed by atoms with Gasteiger partial charge in [-0.1, -0.05) is 6.07 Å². The van der Waals surface area contributed by atoms with Crippen LogP contribution in [0.2, 0.25) is 0 Å². The molecule has 140 valence electrons. The SMILES string of the molecule is O=C(NC1CC1)c1coc(CN(C(=O)c2cccc([N+](=O)[O-])c2)C2CC2)n1. The predicted molar refractivity (Wildman–Crippen MR) is 93.0 cm³/mol. The van der Waals surface area contributed by atoms with Gasteiger partial charge in [0.15, 0.2) is 5.69 Å². The van der Waals surface area contributed by atoms with Gasteiger partial charge < -0.3 is 14.6 Å². The molecule has 2 amide bonds. The van der Waals surface area contributed by atoms with Crippen molar-refractivity contribution in [2.45, 2.75) is 44.3 Å². The number of non-ortho nitro benzene ring substituents is 1. The highest BCUT2D eigenvalue weighted by Crippen LogP contribution is 2.30. The van der Waals surface area contributed by atoms with Crippen LogP contribution in [-0.2, 0) is 6.54 Å². The molecule has 0 radical (unpaired) electrons. The van der Waals surface area contributed by atoms with Crippen molar-refractivity contribution in [2.75, 3.05) is 0 Å². The molecule has 2 saturated carbocycles. The van der Waals surface area contributed by atoms with Crippen LogP contribution in [0.15, 0.2) is 34.9 Å². The molecule has 0 spiro atoms. The smallest absolute Gasteiger partial charge is 0.273 e. The first-order chi connectivity index (χ1) is 13.0. The number of aromatic nitrogens is 1. The van der Waals surface area contributed by atoms with Crippen LogP contribution in [0.3, 0.4) is 0 Å². The average Bonchev–Trinajstić information content (AvgIpc) is 3.59. The lowest BCUT2D eigenvalue weighted by atomic mass is 10.1. The fourth-order valence-electron chi connectivity index (χ4n) is 2.79. The predicted octanol–water partition coefficient (Wildman–Crippen LogP) is 2.28. The normalized spacial score (nSPS) is 16.0. The van der Waals surface area contributed by atoms with Gasteiger partial charge in [-0.25, -0.2) is 4.98 Å². The maximum absolute atomic E-state index is 12.9. The van der Waals surface area contributed by atoms with Crippen LogP contribution in [-0.4, -0.2) is 38.7 Å². The number of hydrogen-bond acceptors (Lipinski definition) is 6. The molecule has 1 N–H and O–H groups in total. The number of rotatable bonds is 7. The standard InChI is InChI=1S/C18H18N4O5/c23-17(19-12-4-5-12)15-10-27-16(20-15)9-21(13-6-7-13)18(24)11-2-1-3-14(8-11)22(25)26/h1-3,8,10,12-13H,4-7,9H2,(H,19,23). The summed E-state index contributed by atoms with van der Waals surface area (Å²) in [6.45, 7) is 0.114. The number of oxazole rings is 1. The third kappa shape index (κ3) is 3.97. The van der Waals surface area contributed by atoms with Crippen LogP contribution < -0.4 is 5.32 Å². The Kier molecular flexibility index (Phi) is 4.35. The summed E-state index contributed by atoms with van der Waals surface area (Å²) in [5.41, 5.74) is 0.302. The van der Waals surface area contributed by atoms with Gasteiger partial charge in [0.2, 0.25) is 5.89 Å². The highest BCUT2D eigenvalue weighted by atomic mass is 16.6. The maximum Gasteiger partial charge on any atom is 0.273 e. The van der Waals surface area contributed by atoms with E-state index in [9.17, 15) is 19.7 Å². The van der Waals surface area contributed by atoms with Crippen molar-refractivity contribution in [3.63, 3.8) is 0 Å². The summed E-state index contributed by atoms with van der Waals surface area (Å²) in [7, 11) is 0. The lowest BCUT2D eigenvalue weighted by Gasteiger charge is -2.20. The molecule has 1 aromatic heterocycles. The third-order valence-corrected chi connectivity index (χ3v) is 4.55. The minimum atomic E-state index is -0.531. The Morgan fingerprint density at radius 3 is 2.74 bits per heavy atom. The van der Waals surface area contributed by atoms with E-state index >= 15 is 0 Å². The van der Waals surface area contributed by atoms with E-state index < -0.39 is 4.92 Å². The quantitative estimate of drug-likeness (QED) is 0.590. The largest absolute Gasteiger partial charge is 0.446 e. The molecule has 9 heteroatoms. The van der Waals surface area contributed by atoms with Gasteiger partial charge in [0, 0.05) is 29.8 Å². The van der Waals surface area contributed by atoms with Gasteiger partial charge in [-0.3, -0.25) is 19.7 Å². The van der Waals surface area contributed by atoms with Gasteiger partial charge in [-0.05, 0) is 31.7 Å². The molecule has 27 heavy (non-hydrogen) atoms. The van der Waals surface area contributed by atoms with Crippen LogP contribution in [0, 0.1) is 10.1 Å². The first-order valence-corrected chi connectivity index (χ1v) is 8.82. The molecule has 0 atom stereocenters. The molecule has 9 nitrogen and oxygen atoms in total. The second-order valence-corrected chi connectivity index (χ2v) is 6.85. The highest BCUT2D eigenvalue weighted by molar-refractivity contribution is 5.95. The molecule has 0 aliphatic heterocycles. The molecule has 4 rings (SSSR count). The monoisotopic (exact) mass is 370 g/mol. The van der Waals surface area contributed by atoms with Crippen LogP contribution in [0.1, 0.15) is 52.4 Å². The summed E-state index contributed by atoms with van der Waals surface area (Å²) >= 11 is 0. The first-order valence-electron chi connectivity index (χ1n) is 8.82. The minimum Gasteiger partial charge on any atom is -0.446 e.